The van der Waals surface area contributed by atoms with E-state index in [0.717, 1.165) is 0 Å². The Morgan fingerprint density at radius 3 is 2.34 bits per heavy atom. The van der Waals surface area contributed by atoms with Crippen molar-refractivity contribution in [3.8, 4) is 5.75 Å². The number of Topliss-reactive ketones (excluding diaryl/α,β-unsaturated/α-hetero) is 2. The summed E-state index contributed by atoms with van der Waals surface area (Å²) in [7, 11) is 0. The Morgan fingerprint density at radius 1 is 0.816 bits per heavy atom. The number of esters is 1. The molecule has 0 radical (unpaired) electrons. The highest BCUT2D eigenvalue weighted by Crippen LogP contribution is 2.32. The third-order valence-electron chi connectivity index (χ3n) is 6.07. The first-order chi connectivity index (χ1) is 18.5. The molecule has 0 bridgehead atoms. The zero-order chi connectivity index (χ0) is 26.2. The molecule has 0 spiro atoms. The van der Waals surface area contributed by atoms with Crippen LogP contribution in [0.15, 0.2) is 103 Å². The van der Waals surface area contributed by atoms with Crippen molar-refractivity contribution in [3.63, 3.8) is 0 Å². The van der Waals surface area contributed by atoms with E-state index in [2.05, 4.69) is 15.6 Å². The standard InChI is InChI=1S/C29H17ClN4O4/c30-22-13-4-3-12-21(22)29(37)38-18-9-7-8-17(16-18)31-25-26(34-24-15-6-5-14-23(24)32-33-34)28(36)20-11-2-1-10-19(20)27(25)35/h1-16,31H. The Morgan fingerprint density at radius 2 is 1.53 bits per heavy atom. The van der Waals surface area contributed by atoms with Gasteiger partial charge >= 0.3 is 5.97 Å². The highest BCUT2D eigenvalue weighted by Gasteiger charge is 2.35. The van der Waals surface area contributed by atoms with Gasteiger partial charge < -0.3 is 10.1 Å². The molecule has 0 fully saturated rings. The minimum atomic E-state index is -0.625. The van der Waals surface area contributed by atoms with E-state index in [1.165, 1.54) is 4.68 Å². The monoisotopic (exact) mass is 520 g/mol. The van der Waals surface area contributed by atoms with E-state index in [1.54, 1.807) is 91.0 Å². The Balaban J connectivity index is 1.42. The maximum Gasteiger partial charge on any atom is 0.345 e. The second kappa shape index (κ2) is 9.42. The summed E-state index contributed by atoms with van der Waals surface area (Å²) >= 11 is 6.12. The molecular weight excluding hydrogens is 504 g/mol. The molecule has 1 aromatic heterocycles. The number of anilines is 1. The first kappa shape index (κ1) is 23.3. The van der Waals surface area contributed by atoms with Crippen LogP contribution in [0, 0.1) is 0 Å². The number of nitrogens with one attached hydrogen (secondary N) is 1. The molecule has 184 valence electrons. The number of allylic oxidation sites excluding steroid dienone is 2. The number of halogens is 1. The molecule has 6 rings (SSSR count). The van der Waals surface area contributed by atoms with Crippen LogP contribution in [0.2, 0.25) is 5.02 Å². The third-order valence-corrected chi connectivity index (χ3v) is 6.40. The summed E-state index contributed by atoms with van der Waals surface area (Å²) in [6.45, 7) is 0. The molecule has 8 nitrogen and oxygen atoms in total. The van der Waals surface area contributed by atoms with Crippen LogP contribution < -0.4 is 10.1 Å². The summed E-state index contributed by atoms with van der Waals surface area (Å²) in [5.74, 6) is -1.16. The molecule has 38 heavy (non-hydrogen) atoms. The maximum absolute atomic E-state index is 13.7. The summed E-state index contributed by atoms with van der Waals surface area (Å²) in [6, 6.07) is 26.8. The molecule has 0 aliphatic heterocycles. The van der Waals surface area contributed by atoms with E-state index in [0.29, 0.717) is 16.7 Å². The van der Waals surface area contributed by atoms with Gasteiger partial charge in [0, 0.05) is 22.9 Å². The van der Waals surface area contributed by atoms with E-state index in [4.69, 9.17) is 16.3 Å². The lowest BCUT2D eigenvalue weighted by Gasteiger charge is -2.22. The number of aromatic nitrogens is 3. The number of para-hydroxylation sites is 1. The number of ketones is 2. The SMILES string of the molecule is O=C(Oc1cccc(NC2=C(n3nnc4ccccc43)C(=O)c3ccccc3C2=O)c1)c1ccccc1Cl. The van der Waals surface area contributed by atoms with Crippen molar-refractivity contribution in [3.05, 3.63) is 124 Å². The number of nitrogens with zero attached hydrogens (tertiary/aromatic N) is 3. The van der Waals surface area contributed by atoms with E-state index < -0.39 is 5.97 Å². The van der Waals surface area contributed by atoms with Gasteiger partial charge in [0.05, 0.1) is 16.1 Å². The highest BCUT2D eigenvalue weighted by molar-refractivity contribution is 6.38. The van der Waals surface area contributed by atoms with Gasteiger partial charge in [-0.2, -0.15) is 0 Å². The van der Waals surface area contributed by atoms with Crippen molar-refractivity contribution >= 4 is 51.6 Å². The lowest BCUT2D eigenvalue weighted by atomic mass is 9.90. The number of carbonyl (C=O) groups excluding carboxylic acids is 3. The van der Waals surface area contributed by atoms with Gasteiger partial charge in [-0.1, -0.05) is 71.4 Å². The van der Waals surface area contributed by atoms with Gasteiger partial charge in [0.2, 0.25) is 11.6 Å². The molecule has 0 saturated carbocycles. The molecule has 1 aliphatic rings. The quantitative estimate of drug-likeness (QED) is 0.235. The molecule has 0 atom stereocenters. The summed E-state index contributed by atoms with van der Waals surface area (Å²) in [5.41, 5.74) is 2.41. The second-order valence-electron chi connectivity index (χ2n) is 8.44. The molecule has 1 N–H and O–H groups in total. The minimum Gasteiger partial charge on any atom is -0.423 e. The average Bonchev–Trinajstić information content (AvgIpc) is 3.36. The van der Waals surface area contributed by atoms with Crippen LogP contribution in [-0.2, 0) is 0 Å². The second-order valence-corrected chi connectivity index (χ2v) is 8.85. The number of hydrogen-bond donors (Lipinski definition) is 1. The van der Waals surface area contributed by atoms with Gasteiger partial charge in [0.25, 0.3) is 0 Å². The predicted molar refractivity (Wildman–Crippen MR) is 142 cm³/mol. The summed E-state index contributed by atoms with van der Waals surface area (Å²) in [5, 5.41) is 11.7. The van der Waals surface area contributed by atoms with E-state index in [9.17, 15) is 14.4 Å². The Bertz CT molecular complexity index is 1810. The Kier molecular flexibility index (Phi) is 5.78. The van der Waals surface area contributed by atoms with Crippen molar-refractivity contribution in [1.82, 2.24) is 15.0 Å². The molecule has 4 aromatic carbocycles. The van der Waals surface area contributed by atoms with Gasteiger partial charge in [0.1, 0.15) is 22.7 Å². The normalized spacial score (nSPS) is 13.0. The van der Waals surface area contributed by atoms with E-state index in [-0.39, 0.29) is 50.4 Å². The maximum atomic E-state index is 13.7. The number of benzene rings is 4. The Hall–Kier alpha value is -5.08. The zero-order valence-electron chi connectivity index (χ0n) is 19.6. The summed E-state index contributed by atoms with van der Waals surface area (Å²) in [4.78, 5) is 40.0. The first-order valence-corrected chi connectivity index (χ1v) is 12.0. The van der Waals surface area contributed by atoms with E-state index >= 15 is 0 Å². The largest absolute Gasteiger partial charge is 0.423 e. The fourth-order valence-corrected chi connectivity index (χ4v) is 4.50. The predicted octanol–water partition coefficient (Wildman–Crippen LogP) is 5.66. The highest BCUT2D eigenvalue weighted by atomic mass is 35.5. The number of ether oxygens (including phenoxy) is 1. The van der Waals surface area contributed by atoms with Crippen LogP contribution in [-0.4, -0.2) is 32.5 Å². The molecule has 1 aliphatic carbocycles. The van der Waals surface area contributed by atoms with Gasteiger partial charge in [-0.3, -0.25) is 9.59 Å². The smallest absolute Gasteiger partial charge is 0.345 e. The van der Waals surface area contributed by atoms with Crippen molar-refractivity contribution < 1.29 is 19.1 Å². The topological polar surface area (TPSA) is 103 Å². The fraction of sp³-hybridized carbons (Fsp3) is 0. The van der Waals surface area contributed by atoms with Crippen LogP contribution in [0.3, 0.4) is 0 Å². The molecule has 0 saturated heterocycles. The number of carbonyl (C=O) groups is 3. The van der Waals surface area contributed by atoms with Gasteiger partial charge in [-0.15, -0.1) is 5.10 Å². The van der Waals surface area contributed by atoms with E-state index in [1.807, 2.05) is 6.07 Å². The fourth-order valence-electron chi connectivity index (χ4n) is 4.29. The molecule has 5 aromatic rings. The number of rotatable bonds is 5. The molecular formula is C29H17ClN4O4. The van der Waals surface area contributed by atoms with Crippen molar-refractivity contribution in [2.24, 2.45) is 0 Å². The Labute approximate surface area is 221 Å². The summed E-state index contributed by atoms with van der Waals surface area (Å²) in [6.07, 6.45) is 0. The minimum absolute atomic E-state index is 0.0268. The summed E-state index contributed by atoms with van der Waals surface area (Å²) < 4.78 is 6.88. The average molecular weight is 521 g/mol. The molecule has 9 heteroatoms. The van der Waals surface area contributed by atoms with Crippen LogP contribution >= 0.6 is 11.6 Å². The van der Waals surface area contributed by atoms with Crippen LogP contribution in [0.5, 0.6) is 5.75 Å². The number of fused-ring (bicyclic) bond motifs is 2. The molecule has 0 amide bonds. The van der Waals surface area contributed by atoms with Gasteiger partial charge in [-0.25, -0.2) is 9.48 Å². The third kappa shape index (κ3) is 4.03. The number of hydrogen-bond acceptors (Lipinski definition) is 7. The van der Waals surface area contributed by atoms with Gasteiger partial charge in [-0.05, 0) is 36.4 Å². The lowest BCUT2D eigenvalue weighted by Crippen LogP contribution is -2.28. The van der Waals surface area contributed by atoms with Crippen molar-refractivity contribution in [2.75, 3.05) is 5.32 Å². The van der Waals surface area contributed by atoms with Crippen LogP contribution in [0.25, 0.3) is 16.7 Å². The van der Waals surface area contributed by atoms with Crippen molar-refractivity contribution in [1.29, 1.82) is 0 Å². The first-order valence-electron chi connectivity index (χ1n) is 11.6. The van der Waals surface area contributed by atoms with Crippen LogP contribution in [0.1, 0.15) is 31.1 Å². The van der Waals surface area contributed by atoms with Crippen LogP contribution in [0.4, 0.5) is 5.69 Å². The zero-order valence-corrected chi connectivity index (χ0v) is 20.3. The molecule has 0 unspecified atom stereocenters. The van der Waals surface area contributed by atoms with Gasteiger partial charge in [0.15, 0.2) is 0 Å². The molecule has 1 heterocycles. The van der Waals surface area contributed by atoms with Crippen molar-refractivity contribution in [2.45, 2.75) is 0 Å². The lowest BCUT2D eigenvalue weighted by molar-refractivity contribution is 0.0734.